The molecule has 5 heteroatoms. The van der Waals surface area contributed by atoms with Gasteiger partial charge in [-0.1, -0.05) is 6.42 Å². The van der Waals surface area contributed by atoms with Crippen molar-refractivity contribution in [2.45, 2.75) is 18.1 Å². The van der Waals surface area contributed by atoms with Gasteiger partial charge < -0.3 is 17.6 Å². The summed E-state index contributed by atoms with van der Waals surface area (Å²) in [5.41, 5.74) is 0. The minimum absolute atomic E-state index is 0. The topological polar surface area (TPSA) is 53.1 Å². The zero-order valence-corrected chi connectivity index (χ0v) is 10.1. The third kappa shape index (κ3) is 3.21. The molecule has 0 spiro atoms. The number of nitrogens with one attached hydrogen (secondary N) is 1. The van der Waals surface area contributed by atoms with Crippen LogP contribution in [-0.4, -0.2) is 22.6 Å². The summed E-state index contributed by atoms with van der Waals surface area (Å²) in [5.74, 6) is 5.92. The van der Waals surface area contributed by atoms with Crippen LogP contribution in [0.2, 0.25) is 0 Å². The number of nitrogens with two attached hydrogens (primary N) is 1. The first-order chi connectivity index (χ1) is 4.20. The van der Waals surface area contributed by atoms with Gasteiger partial charge in [-0.2, -0.15) is 0 Å². The van der Waals surface area contributed by atoms with Crippen molar-refractivity contribution in [1.82, 2.24) is 5.01 Å². The van der Waals surface area contributed by atoms with Crippen molar-refractivity contribution >= 4 is 18.5 Å². The fraction of sp³-hybridized carbons (Fsp3) is 0.800. The van der Waals surface area contributed by atoms with Crippen LogP contribution in [-0.2, 0) is 12.6 Å². The Morgan fingerprint density at radius 1 is 1.70 bits per heavy atom. The van der Waals surface area contributed by atoms with Crippen LogP contribution in [0.4, 0.5) is 0 Å². The molecule has 3 nitrogen and oxygen atoms in total. The Hall–Kier alpha value is 1.42. The monoisotopic (exact) mass is 183 g/mol. The van der Waals surface area contributed by atoms with Crippen molar-refractivity contribution in [1.29, 1.82) is 5.41 Å². The van der Waals surface area contributed by atoms with Gasteiger partial charge in [0.1, 0.15) is 5.84 Å². The summed E-state index contributed by atoms with van der Waals surface area (Å²) >= 11 is 5.00. The van der Waals surface area contributed by atoms with Crippen LogP contribution >= 0.6 is 0 Å². The Labute approximate surface area is 109 Å². The first kappa shape index (κ1) is 11.4. The van der Waals surface area contributed by atoms with Crippen LogP contribution in [0.1, 0.15) is 12.8 Å². The first-order valence-corrected chi connectivity index (χ1v) is 3.43. The number of piperidine rings is 1. The summed E-state index contributed by atoms with van der Waals surface area (Å²) in [4.78, 5) is 0. The predicted molar refractivity (Wildman–Crippen MR) is 39.0 cm³/mol. The van der Waals surface area contributed by atoms with Crippen LogP contribution in [0.5, 0.6) is 0 Å². The normalized spacial score (nSPS) is 26.0. The molecule has 0 amide bonds. The van der Waals surface area contributed by atoms with E-state index in [0.29, 0.717) is 12.4 Å². The molecule has 1 heterocycles. The van der Waals surface area contributed by atoms with E-state index in [1.807, 2.05) is 0 Å². The van der Waals surface area contributed by atoms with Gasteiger partial charge in [-0.3, -0.25) is 5.41 Å². The Morgan fingerprint density at radius 3 is 2.70 bits per heavy atom. The third-order valence-corrected chi connectivity index (χ3v) is 1.83. The van der Waals surface area contributed by atoms with E-state index in [1.54, 1.807) is 0 Å². The number of hydrogen-bond acceptors (Lipinski definition) is 3. The minimum atomic E-state index is 0. The van der Waals surface area contributed by atoms with E-state index in [9.17, 15) is 0 Å². The summed E-state index contributed by atoms with van der Waals surface area (Å²) < 4.78 is 0. The average molecular weight is 183 g/mol. The Morgan fingerprint density at radius 2 is 2.30 bits per heavy atom. The summed E-state index contributed by atoms with van der Waals surface area (Å²) in [6.45, 7) is 0.661. The molecular formula is C5H10KN3S. The van der Waals surface area contributed by atoms with Crippen molar-refractivity contribution in [3.8, 4) is 0 Å². The molecule has 1 aliphatic heterocycles. The van der Waals surface area contributed by atoms with Crippen molar-refractivity contribution in [3.05, 3.63) is 0 Å². The molecule has 0 bridgehead atoms. The van der Waals surface area contributed by atoms with E-state index in [0.717, 1.165) is 12.8 Å². The SMILES string of the molecule is N=C1CCC([S-])CN1N.[K+]. The fourth-order valence-electron chi connectivity index (χ4n) is 0.862. The van der Waals surface area contributed by atoms with Gasteiger partial charge in [-0.15, -0.1) is 5.25 Å². The van der Waals surface area contributed by atoms with Crippen molar-refractivity contribution in [2.24, 2.45) is 5.84 Å². The second-order valence-electron chi connectivity index (χ2n) is 2.26. The van der Waals surface area contributed by atoms with Crippen LogP contribution < -0.4 is 57.2 Å². The van der Waals surface area contributed by atoms with Crippen LogP contribution in [0, 0.1) is 5.41 Å². The van der Waals surface area contributed by atoms with Crippen molar-refractivity contribution in [2.75, 3.05) is 6.54 Å². The molecule has 1 fully saturated rings. The number of nitrogens with zero attached hydrogens (tertiary/aromatic N) is 1. The maximum atomic E-state index is 7.24. The van der Waals surface area contributed by atoms with Gasteiger partial charge in [-0.25, -0.2) is 5.84 Å². The van der Waals surface area contributed by atoms with Gasteiger partial charge in [0.25, 0.3) is 0 Å². The zero-order valence-electron chi connectivity index (χ0n) is 6.13. The number of rotatable bonds is 0. The van der Waals surface area contributed by atoms with Gasteiger partial charge in [0, 0.05) is 13.0 Å². The Bertz CT molecular complexity index is 130. The first-order valence-electron chi connectivity index (χ1n) is 2.95. The summed E-state index contributed by atoms with van der Waals surface area (Å²) in [6, 6.07) is 0. The molecule has 52 valence electrons. The molecule has 0 aromatic rings. The van der Waals surface area contributed by atoms with Crippen LogP contribution in [0.25, 0.3) is 0 Å². The van der Waals surface area contributed by atoms with Gasteiger partial charge in [-0.05, 0) is 0 Å². The second kappa shape index (κ2) is 5.13. The molecule has 1 unspecified atom stereocenters. The number of amidine groups is 1. The zero-order chi connectivity index (χ0) is 6.85. The molecule has 1 saturated heterocycles. The predicted octanol–water partition coefficient (Wildman–Crippen LogP) is -3.15. The standard InChI is InChI=1S/C5H11N3S.K/c6-5-2-1-4(9)3-8(5)7;/h4,6,9H,1-3,7H2;/q;+1/p-1. The van der Waals surface area contributed by atoms with Gasteiger partial charge in [0.15, 0.2) is 0 Å². The Kier molecular flexibility index (Phi) is 5.86. The van der Waals surface area contributed by atoms with Crippen molar-refractivity contribution < 1.29 is 51.4 Å². The molecule has 0 radical (unpaired) electrons. The molecule has 0 aromatic carbocycles. The number of hydrogen-bond donors (Lipinski definition) is 2. The van der Waals surface area contributed by atoms with Crippen molar-refractivity contribution in [3.63, 3.8) is 0 Å². The molecule has 1 rings (SSSR count). The summed E-state index contributed by atoms with van der Waals surface area (Å²) in [7, 11) is 0. The fourth-order valence-corrected chi connectivity index (χ4v) is 1.14. The van der Waals surface area contributed by atoms with Gasteiger partial charge in [0.05, 0.1) is 0 Å². The summed E-state index contributed by atoms with van der Waals surface area (Å²) in [6.07, 6.45) is 1.67. The molecule has 0 aliphatic carbocycles. The van der Waals surface area contributed by atoms with Gasteiger partial charge >= 0.3 is 51.4 Å². The van der Waals surface area contributed by atoms with E-state index < -0.39 is 0 Å². The second-order valence-corrected chi connectivity index (χ2v) is 2.93. The Balaban J connectivity index is 0.000000810. The minimum Gasteiger partial charge on any atom is -0.787 e. The van der Waals surface area contributed by atoms with Crippen LogP contribution in [0.15, 0.2) is 0 Å². The van der Waals surface area contributed by atoms with Crippen LogP contribution in [0.3, 0.4) is 0 Å². The largest absolute Gasteiger partial charge is 1.00 e. The molecule has 3 N–H and O–H groups in total. The van der Waals surface area contributed by atoms with E-state index in [1.165, 1.54) is 5.01 Å². The molecule has 0 aromatic heterocycles. The van der Waals surface area contributed by atoms with E-state index in [-0.39, 0.29) is 56.6 Å². The third-order valence-electron chi connectivity index (χ3n) is 1.45. The van der Waals surface area contributed by atoms with E-state index in [4.69, 9.17) is 23.9 Å². The molecule has 0 saturated carbocycles. The van der Waals surface area contributed by atoms with E-state index in [2.05, 4.69) is 0 Å². The molecular weight excluding hydrogens is 173 g/mol. The quantitative estimate of drug-likeness (QED) is 0.237. The maximum Gasteiger partial charge on any atom is 1.00 e. The van der Waals surface area contributed by atoms with Gasteiger partial charge in [0.2, 0.25) is 0 Å². The van der Waals surface area contributed by atoms with E-state index >= 15 is 0 Å². The maximum absolute atomic E-state index is 7.24. The molecule has 1 aliphatic rings. The number of hydrazine groups is 1. The average Bonchev–Trinajstić information content (AvgIpc) is 1.80. The smallest absolute Gasteiger partial charge is 0.787 e. The summed E-state index contributed by atoms with van der Waals surface area (Å²) in [5, 5.41) is 8.91. The molecule has 10 heavy (non-hydrogen) atoms. The molecule has 1 atom stereocenters.